The van der Waals surface area contributed by atoms with E-state index in [4.69, 9.17) is 11.6 Å². The van der Waals surface area contributed by atoms with Crippen molar-refractivity contribution in [1.29, 1.82) is 0 Å². The maximum Gasteiger partial charge on any atom is 0.319 e. The number of urea groups is 1. The summed E-state index contributed by atoms with van der Waals surface area (Å²) in [6, 6.07) is 14.5. The molecule has 0 radical (unpaired) electrons. The Kier molecular flexibility index (Phi) is 4.82. The second kappa shape index (κ2) is 6.59. The summed E-state index contributed by atoms with van der Waals surface area (Å²) in [7, 11) is 0. The summed E-state index contributed by atoms with van der Waals surface area (Å²) in [6.07, 6.45) is 0. The van der Waals surface area contributed by atoms with Crippen LogP contribution in [0, 0.1) is 0 Å². The molecule has 0 saturated carbocycles. The highest BCUT2D eigenvalue weighted by Crippen LogP contribution is 2.14. The summed E-state index contributed by atoms with van der Waals surface area (Å²) in [5.74, 6) is 0. The first kappa shape index (κ1) is 13.9. The lowest BCUT2D eigenvalue weighted by molar-refractivity contribution is 0.251. The maximum atomic E-state index is 11.7. The van der Waals surface area contributed by atoms with Gasteiger partial charge in [0.1, 0.15) is 0 Å². The van der Waals surface area contributed by atoms with Gasteiger partial charge >= 0.3 is 6.03 Å². The lowest BCUT2D eigenvalue weighted by atomic mass is 10.2. The van der Waals surface area contributed by atoms with Crippen molar-refractivity contribution in [1.82, 2.24) is 5.32 Å². The van der Waals surface area contributed by atoms with Crippen LogP contribution in [0.15, 0.2) is 53.0 Å². The van der Waals surface area contributed by atoms with E-state index < -0.39 is 0 Å². The number of rotatable bonds is 3. The molecule has 2 amide bonds. The minimum absolute atomic E-state index is 0.248. The van der Waals surface area contributed by atoms with Gasteiger partial charge in [-0.1, -0.05) is 39.7 Å². The molecule has 0 aliphatic carbocycles. The highest BCUT2D eigenvalue weighted by atomic mass is 79.9. The first-order valence-corrected chi connectivity index (χ1v) is 6.85. The Labute approximate surface area is 125 Å². The molecule has 0 spiro atoms. The first-order valence-electron chi connectivity index (χ1n) is 5.68. The molecule has 0 atom stereocenters. The van der Waals surface area contributed by atoms with E-state index >= 15 is 0 Å². The van der Waals surface area contributed by atoms with Gasteiger partial charge < -0.3 is 10.6 Å². The van der Waals surface area contributed by atoms with Crippen LogP contribution in [0.2, 0.25) is 5.02 Å². The monoisotopic (exact) mass is 338 g/mol. The third-order valence-corrected chi connectivity index (χ3v) is 3.21. The smallest absolute Gasteiger partial charge is 0.319 e. The van der Waals surface area contributed by atoms with E-state index in [1.165, 1.54) is 0 Å². The molecule has 0 heterocycles. The molecule has 0 aliphatic heterocycles. The van der Waals surface area contributed by atoms with Gasteiger partial charge in [0.05, 0.1) is 0 Å². The number of carbonyl (C=O) groups excluding carboxylic acids is 1. The van der Waals surface area contributed by atoms with Gasteiger partial charge in [0, 0.05) is 21.7 Å². The summed E-state index contributed by atoms with van der Waals surface area (Å²) in [5.41, 5.74) is 1.70. The van der Waals surface area contributed by atoms with Crippen LogP contribution in [0.25, 0.3) is 0 Å². The molecule has 19 heavy (non-hydrogen) atoms. The second-order valence-corrected chi connectivity index (χ2v) is 5.30. The molecule has 0 fully saturated rings. The molecule has 0 unspecified atom stereocenters. The quantitative estimate of drug-likeness (QED) is 0.853. The van der Waals surface area contributed by atoms with Crippen LogP contribution >= 0.6 is 27.5 Å². The van der Waals surface area contributed by atoms with Crippen LogP contribution in [-0.4, -0.2) is 6.03 Å². The van der Waals surface area contributed by atoms with Gasteiger partial charge in [-0.25, -0.2) is 4.79 Å². The van der Waals surface area contributed by atoms with E-state index in [2.05, 4.69) is 26.6 Å². The van der Waals surface area contributed by atoms with Crippen LogP contribution < -0.4 is 10.6 Å². The highest BCUT2D eigenvalue weighted by Gasteiger charge is 2.01. The number of anilines is 1. The lowest BCUT2D eigenvalue weighted by Crippen LogP contribution is -2.28. The van der Waals surface area contributed by atoms with Gasteiger partial charge in [-0.3, -0.25) is 0 Å². The molecule has 2 rings (SSSR count). The van der Waals surface area contributed by atoms with Gasteiger partial charge in [0.25, 0.3) is 0 Å². The van der Waals surface area contributed by atoms with Crippen LogP contribution in [-0.2, 0) is 6.54 Å². The maximum absolute atomic E-state index is 11.7. The molecule has 2 aromatic carbocycles. The minimum Gasteiger partial charge on any atom is -0.334 e. The van der Waals surface area contributed by atoms with Crippen LogP contribution in [0.3, 0.4) is 0 Å². The van der Waals surface area contributed by atoms with Crippen molar-refractivity contribution in [3.05, 3.63) is 63.6 Å². The van der Waals surface area contributed by atoms with Crippen molar-refractivity contribution < 1.29 is 4.79 Å². The topological polar surface area (TPSA) is 41.1 Å². The Morgan fingerprint density at radius 2 is 1.89 bits per heavy atom. The van der Waals surface area contributed by atoms with Gasteiger partial charge in [0.15, 0.2) is 0 Å². The lowest BCUT2D eigenvalue weighted by Gasteiger charge is -2.08. The Morgan fingerprint density at radius 3 is 2.58 bits per heavy atom. The number of nitrogens with one attached hydrogen (secondary N) is 2. The molecule has 0 bridgehead atoms. The molecule has 0 aliphatic rings. The van der Waals surface area contributed by atoms with Crippen molar-refractivity contribution in [2.75, 3.05) is 5.32 Å². The fraction of sp³-hybridized carbons (Fsp3) is 0.0714. The fourth-order valence-electron chi connectivity index (χ4n) is 1.54. The van der Waals surface area contributed by atoms with Crippen molar-refractivity contribution in [2.24, 2.45) is 0 Å². The Balaban J connectivity index is 1.86. The largest absolute Gasteiger partial charge is 0.334 e. The van der Waals surface area contributed by atoms with Crippen LogP contribution in [0.4, 0.5) is 10.5 Å². The zero-order valence-electron chi connectivity index (χ0n) is 9.99. The molecular weight excluding hydrogens is 328 g/mol. The van der Waals surface area contributed by atoms with E-state index in [-0.39, 0.29) is 6.03 Å². The summed E-state index contributed by atoms with van der Waals surface area (Å²) in [6.45, 7) is 0.433. The molecule has 5 heteroatoms. The minimum atomic E-state index is -0.248. The van der Waals surface area contributed by atoms with Gasteiger partial charge in [-0.05, 0) is 42.0 Å². The van der Waals surface area contributed by atoms with Gasteiger partial charge in [-0.2, -0.15) is 0 Å². The molecule has 0 saturated heterocycles. The fourth-order valence-corrected chi connectivity index (χ4v) is 2.01. The molecular formula is C14H12BrClN2O. The van der Waals surface area contributed by atoms with Crippen LogP contribution in [0.5, 0.6) is 0 Å². The van der Waals surface area contributed by atoms with E-state index in [0.717, 1.165) is 15.7 Å². The summed E-state index contributed by atoms with van der Waals surface area (Å²) < 4.78 is 0.970. The summed E-state index contributed by atoms with van der Waals surface area (Å²) in [4.78, 5) is 11.7. The predicted molar refractivity (Wildman–Crippen MR) is 81.5 cm³/mol. The number of benzene rings is 2. The number of amides is 2. The Hall–Kier alpha value is -1.52. The van der Waals surface area contributed by atoms with Crippen molar-refractivity contribution in [3.63, 3.8) is 0 Å². The van der Waals surface area contributed by atoms with E-state index in [9.17, 15) is 4.79 Å². The second-order valence-electron chi connectivity index (χ2n) is 3.94. The van der Waals surface area contributed by atoms with Crippen molar-refractivity contribution in [3.8, 4) is 0 Å². The van der Waals surface area contributed by atoms with Crippen LogP contribution in [0.1, 0.15) is 5.56 Å². The number of carbonyl (C=O) groups is 1. The number of hydrogen-bond donors (Lipinski definition) is 2. The van der Waals surface area contributed by atoms with Crippen molar-refractivity contribution >= 4 is 39.2 Å². The number of halogens is 2. The SMILES string of the molecule is O=C(NCc1cccc(Cl)c1)Nc1ccc(Br)cc1. The molecule has 2 N–H and O–H groups in total. The van der Waals surface area contributed by atoms with Gasteiger partial charge in [0.2, 0.25) is 0 Å². The molecule has 98 valence electrons. The van der Waals surface area contributed by atoms with E-state index in [1.54, 1.807) is 6.07 Å². The summed E-state index contributed by atoms with van der Waals surface area (Å²) in [5, 5.41) is 6.18. The molecule has 3 nitrogen and oxygen atoms in total. The molecule has 2 aromatic rings. The number of hydrogen-bond acceptors (Lipinski definition) is 1. The zero-order valence-corrected chi connectivity index (χ0v) is 12.3. The summed E-state index contributed by atoms with van der Waals surface area (Å²) >= 11 is 9.21. The average Bonchev–Trinajstić information content (AvgIpc) is 2.39. The molecule has 0 aromatic heterocycles. The standard InChI is InChI=1S/C14H12BrClN2O/c15-11-4-6-13(7-5-11)18-14(19)17-9-10-2-1-3-12(16)8-10/h1-8H,9H2,(H2,17,18,19). The first-order chi connectivity index (χ1) is 9.13. The van der Waals surface area contributed by atoms with E-state index in [0.29, 0.717) is 11.6 Å². The zero-order chi connectivity index (χ0) is 13.7. The van der Waals surface area contributed by atoms with E-state index in [1.807, 2.05) is 42.5 Å². The van der Waals surface area contributed by atoms with Crippen molar-refractivity contribution in [2.45, 2.75) is 6.54 Å². The third-order valence-electron chi connectivity index (χ3n) is 2.44. The third kappa shape index (κ3) is 4.58. The predicted octanol–water partition coefficient (Wildman–Crippen LogP) is 4.42. The highest BCUT2D eigenvalue weighted by molar-refractivity contribution is 9.10. The average molecular weight is 340 g/mol. The van der Waals surface area contributed by atoms with Gasteiger partial charge in [-0.15, -0.1) is 0 Å². The Bertz CT molecular complexity index is 572. The Morgan fingerprint density at radius 1 is 1.16 bits per heavy atom. The normalized spacial score (nSPS) is 10.0.